The number of carboxylic acid groups (broad SMARTS) is 1. The second-order valence-corrected chi connectivity index (χ2v) is 6.96. The Hall–Kier alpha value is -2.95. The minimum atomic E-state index is -0.835. The summed E-state index contributed by atoms with van der Waals surface area (Å²) < 4.78 is 12.9. The first-order valence-corrected chi connectivity index (χ1v) is 8.98. The van der Waals surface area contributed by atoms with Gasteiger partial charge in [-0.2, -0.15) is 0 Å². The van der Waals surface area contributed by atoms with Gasteiger partial charge in [0.05, 0.1) is 5.41 Å². The zero-order valence-corrected chi connectivity index (χ0v) is 15.0. The molecule has 0 spiro atoms. The van der Waals surface area contributed by atoms with Gasteiger partial charge < -0.3 is 10.0 Å². The lowest BCUT2D eigenvalue weighted by Gasteiger charge is -2.38. The fraction of sp³-hybridized carbons (Fsp3) is 0.273. The number of carboxylic acids is 1. The van der Waals surface area contributed by atoms with Gasteiger partial charge >= 0.3 is 5.97 Å². The van der Waals surface area contributed by atoms with Crippen LogP contribution in [0, 0.1) is 11.2 Å². The van der Waals surface area contributed by atoms with Gasteiger partial charge in [-0.05, 0) is 48.6 Å². The highest BCUT2D eigenvalue weighted by Gasteiger charge is 2.42. The first-order valence-electron chi connectivity index (χ1n) is 8.98. The van der Waals surface area contributed by atoms with Gasteiger partial charge in [-0.3, -0.25) is 9.59 Å². The van der Waals surface area contributed by atoms with Crippen LogP contribution in [0.5, 0.6) is 0 Å². The van der Waals surface area contributed by atoms with Gasteiger partial charge in [0.1, 0.15) is 5.82 Å². The van der Waals surface area contributed by atoms with Crippen molar-refractivity contribution in [3.05, 3.63) is 77.6 Å². The van der Waals surface area contributed by atoms with E-state index < -0.39 is 11.4 Å². The number of carbonyl (C=O) groups is 2. The highest BCUT2D eigenvalue weighted by Crippen LogP contribution is 2.35. The van der Waals surface area contributed by atoms with Crippen LogP contribution < -0.4 is 0 Å². The van der Waals surface area contributed by atoms with Crippen molar-refractivity contribution in [3.63, 3.8) is 0 Å². The lowest BCUT2D eigenvalue weighted by Crippen LogP contribution is -2.47. The van der Waals surface area contributed by atoms with E-state index in [-0.39, 0.29) is 11.7 Å². The van der Waals surface area contributed by atoms with Crippen LogP contribution in [0.4, 0.5) is 4.39 Å². The molecule has 0 radical (unpaired) electrons. The quantitative estimate of drug-likeness (QED) is 0.819. The fourth-order valence-corrected chi connectivity index (χ4v) is 3.45. The number of carbonyl (C=O) groups excluding carboxylic acids is 1. The smallest absolute Gasteiger partial charge is 0.310 e. The van der Waals surface area contributed by atoms with Crippen molar-refractivity contribution in [2.24, 2.45) is 5.41 Å². The summed E-state index contributed by atoms with van der Waals surface area (Å²) in [5.41, 5.74) is 0.903. The molecule has 1 aliphatic heterocycles. The van der Waals surface area contributed by atoms with E-state index >= 15 is 0 Å². The van der Waals surface area contributed by atoms with E-state index in [9.17, 15) is 19.1 Å². The molecule has 1 aliphatic rings. The lowest BCUT2D eigenvalue weighted by atomic mass is 9.74. The summed E-state index contributed by atoms with van der Waals surface area (Å²) in [6.07, 6.45) is 4.42. The van der Waals surface area contributed by atoms with Crippen molar-refractivity contribution in [2.75, 3.05) is 13.1 Å². The molecule has 0 bridgehead atoms. The SMILES string of the molecule is O=C(C=Cc1ccc(F)cc1)N1CCC(Cc2ccccc2)(C(=O)O)CC1. The van der Waals surface area contributed by atoms with Crippen LogP contribution in [0.25, 0.3) is 6.08 Å². The Kier molecular flexibility index (Phi) is 5.69. The number of likely N-dealkylation sites (tertiary alicyclic amines) is 1. The van der Waals surface area contributed by atoms with E-state index in [0.29, 0.717) is 32.4 Å². The highest BCUT2D eigenvalue weighted by molar-refractivity contribution is 5.92. The molecule has 1 fully saturated rings. The maximum Gasteiger partial charge on any atom is 0.310 e. The molecule has 1 N–H and O–H groups in total. The number of hydrogen-bond acceptors (Lipinski definition) is 2. The van der Waals surface area contributed by atoms with Crippen LogP contribution in [-0.4, -0.2) is 35.0 Å². The van der Waals surface area contributed by atoms with Crippen LogP contribution in [-0.2, 0) is 16.0 Å². The predicted octanol–water partition coefficient (Wildman–Crippen LogP) is 3.78. The molecule has 0 atom stereocenters. The fourth-order valence-electron chi connectivity index (χ4n) is 3.45. The van der Waals surface area contributed by atoms with Crippen LogP contribution in [0.15, 0.2) is 60.7 Å². The average Bonchev–Trinajstić information content (AvgIpc) is 2.68. The third-order valence-corrected chi connectivity index (χ3v) is 5.16. The number of halogens is 1. The molecule has 2 aromatic carbocycles. The van der Waals surface area contributed by atoms with Crippen molar-refractivity contribution in [1.82, 2.24) is 4.90 Å². The van der Waals surface area contributed by atoms with Gasteiger partial charge in [0.25, 0.3) is 0 Å². The Morgan fingerprint density at radius 3 is 2.26 bits per heavy atom. The van der Waals surface area contributed by atoms with Crippen molar-refractivity contribution in [3.8, 4) is 0 Å². The molecule has 0 aliphatic carbocycles. The zero-order valence-electron chi connectivity index (χ0n) is 15.0. The number of piperidine rings is 1. The van der Waals surface area contributed by atoms with E-state index in [4.69, 9.17) is 0 Å². The topological polar surface area (TPSA) is 57.6 Å². The molecule has 140 valence electrons. The molecule has 2 aromatic rings. The van der Waals surface area contributed by atoms with Crippen molar-refractivity contribution in [2.45, 2.75) is 19.3 Å². The summed E-state index contributed by atoms with van der Waals surface area (Å²) in [7, 11) is 0. The molecule has 5 heteroatoms. The summed E-state index contributed by atoms with van der Waals surface area (Å²) in [4.78, 5) is 26.0. The monoisotopic (exact) mass is 367 g/mol. The molecule has 1 amide bonds. The molecule has 0 saturated carbocycles. The molecule has 0 unspecified atom stereocenters. The van der Waals surface area contributed by atoms with Gasteiger partial charge in [0.2, 0.25) is 5.91 Å². The molecule has 1 saturated heterocycles. The normalized spacial score (nSPS) is 16.4. The van der Waals surface area contributed by atoms with E-state index in [1.54, 1.807) is 23.1 Å². The first-order chi connectivity index (χ1) is 13.0. The number of benzene rings is 2. The molecule has 3 rings (SSSR count). The number of rotatable bonds is 5. The molecule has 4 nitrogen and oxygen atoms in total. The number of amides is 1. The van der Waals surface area contributed by atoms with E-state index in [2.05, 4.69) is 0 Å². The van der Waals surface area contributed by atoms with E-state index in [0.717, 1.165) is 11.1 Å². The Bertz CT molecular complexity index is 822. The van der Waals surface area contributed by atoms with Gasteiger partial charge in [0, 0.05) is 19.2 Å². The second-order valence-electron chi connectivity index (χ2n) is 6.96. The maximum absolute atomic E-state index is 12.9. The molecule has 1 heterocycles. The van der Waals surface area contributed by atoms with E-state index in [1.165, 1.54) is 18.2 Å². The first kappa shape index (κ1) is 18.8. The highest BCUT2D eigenvalue weighted by atomic mass is 19.1. The molecular weight excluding hydrogens is 345 g/mol. The Morgan fingerprint density at radius 1 is 1.04 bits per heavy atom. The Labute approximate surface area is 157 Å². The summed E-state index contributed by atoms with van der Waals surface area (Å²) in [5, 5.41) is 9.80. The van der Waals surface area contributed by atoms with Crippen LogP contribution >= 0.6 is 0 Å². The summed E-state index contributed by atoms with van der Waals surface area (Å²) in [5.74, 6) is -1.28. The minimum absolute atomic E-state index is 0.155. The number of nitrogens with zero attached hydrogens (tertiary/aromatic N) is 1. The maximum atomic E-state index is 12.9. The molecular formula is C22H22FNO3. The van der Waals surface area contributed by atoms with E-state index in [1.807, 2.05) is 30.3 Å². The average molecular weight is 367 g/mol. The van der Waals surface area contributed by atoms with Crippen LogP contribution in [0.3, 0.4) is 0 Å². The summed E-state index contributed by atoms with van der Waals surface area (Å²) >= 11 is 0. The van der Waals surface area contributed by atoms with Crippen LogP contribution in [0.2, 0.25) is 0 Å². The Balaban J connectivity index is 1.63. The lowest BCUT2D eigenvalue weighted by molar-refractivity contribution is -0.153. The standard InChI is InChI=1S/C22H22FNO3/c23-19-9-6-17(7-10-19)8-11-20(25)24-14-12-22(13-15-24,21(26)27)16-18-4-2-1-3-5-18/h1-11H,12-16H2,(H,26,27). The number of aliphatic carboxylic acids is 1. The zero-order chi connectivity index (χ0) is 19.3. The molecule has 27 heavy (non-hydrogen) atoms. The third-order valence-electron chi connectivity index (χ3n) is 5.16. The van der Waals surface area contributed by atoms with Crippen molar-refractivity contribution in [1.29, 1.82) is 0 Å². The summed E-state index contributed by atoms with van der Waals surface area (Å²) in [6.45, 7) is 0.817. The summed E-state index contributed by atoms with van der Waals surface area (Å²) in [6, 6.07) is 15.5. The predicted molar refractivity (Wildman–Crippen MR) is 101 cm³/mol. The largest absolute Gasteiger partial charge is 0.481 e. The van der Waals surface area contributed by atoms with Gasteiger partial charge in [0.15, 0.2) is 0 Å². The van der Waals surface area contributed by atoms with Crippen molar-refractivity contribution < 1.29 is 19.1 Å². The minimum Gasteiger partial charge on any atom is -0.481 e. The second kappa shape index (κ2) is 8.16. The Morgan fingerprint density at radius 2 is 1.67 bits per heavy atom. The number of hydrogen-bond donors (Lipinski definition) is 1. The van der Waals surface area contributed by atoms with Gasteiger partial charge in [-0.15, -0.1) is 0 Å². The van der Waals surface area contributed by atoms with Crippen LogP contribution in [0.1, 0.15) is 24.0 Å². The van der Waals surface area contributed by atoms with Gasteiger partial charge in [-0.25, -0.2) is 4.39 Å². The third kappa shape index (κ3) is 4.61. The van der Waals surface area contributed by atoms with Crippen molar-refractivity contribution >= 4 is 18.0 Å². The molecule has 0 aromatic heterocycles. The van der Waals surface area contributed by atoms with Gasteiger partial charge in [-0.1, -0.05) is 42.5 Å².